The second-order valence-corrected chi connectivity index (χ2v) is 5.72. The fourth-order valence-electron chi connectivity index (χ4n) is 2.16. The van der Waals surface area contributed by atoms with E-state index in [0.717, 1.165) is 21.6 Å². The van der Waals surface area contributed by atoms with Crippen molar-refractivity contribution in [1.82, 2.24) is 0 Å². The molecule has 0 saturated heterocycles. The molecule has 1 heterocycles. The molecule has 0 aliphatic heterocycles. The fourth-order valence-corrected chi connectivity index (χ4v) is 3.54. The summed E-state index contributed by atoms with van der Waals surface area (Å²) in [7, 11) is 0. The van der Waals surface area contributed by atoms with E-state index in [2.05, 4.69) is 11.4 Å². The minimum Gasteiger partial charge on any atom is -0.292 e. The predicted molar refractivity (Wildman–Crippen MR) is 77.0 cm³/mol. The topological polar surface area (TPSA) is 17.1 Å². The monoisotopic (exact) mass is 274 g/mol. The number of carbonyl (C=O) groups is 1. The van der Waals surface area contributed by atoms with E-state index in [-0.39, 0.29) is 5.78 Å². The fraction of sp³-hybridized carbons (Fsp3) is 0.133. The third-order valence-corrected chi connectivity index (χ3v) is 4.56. The summed E-state index contributed by atoms with van der Waals surface area (Å²) in [6, 6.07) is 11.8. The van der Waals surface area contributed by atoms with Crippen LogP contribution in [0.15, 0.2) is 41.8 Å². The zero-order chi connectivity index (χ0) is 12.7. The smallest absolute Gasteiger partial charge is 0.186 e. The Labute approximate surface area is 115 Å². The number of thiophene rings is 1. The van der Waals surface area contributed by atoms with Gasteiger partial charge in [0.15, 0.2) is 5.78 Å². The highest BCUT2D eigenvalue weighted by Crippen LogP contribution is 2.44. The highest BCUT2D eigenvalue weighted by Gasteiger charge is 2.39. The summed E-state index contributed by atoms with van der Waals surface area (Å²) in [5, 5.41) is 1.59. The lowest BCUT2D eigenvalue weighted by Gasteiger charge is -2.27. The van der Waals surface area contributed by atoms with Gasteiger partial charge in [0, 0.05) is 16.0 Å². The van der Waals surface area contributed by atoms with Crippen molar-refractivity contribution < 1.29 is 4.79 Å². The zero-order valence-corrected chi connectivity index (χ0v) is 11.4. The first-order chi connectivity index (χ1) is 8.68. The van der Waals surface area contributed by atoms with Crippen molar-refractivity contribution in [3.05, 3.63) is 57.8 Å². The minimum absolute atomic E-state index is 0.0314. The number of allylic oxidation sites excluding steroid dienone is 2. The van der Waals surface area contributed by atoms with Gasteiger partial charge in [-0.05, 0) is 29.5 Å². The Morgan fingerprint density at radius 1 is 1.22 bits per heavy atom. The lowest BCUT2D eigenvalue weighted by Crippen LogP contribution is -2.29. The van der Waals surface area contributed by atoms with Crippen molar-refractivity contribution in [3.8, 4) is 0 Å². The molecule has 1 nitrogen and oxygen atoms in total. The molecule has 3 rings (SSSR count). The first-order valence-corrected chi connectivity index (χ1v) is 7.03. The van der Waals surface area contributed by atoms with Gasteiger partial charge in [0.25, 0.3) is 0 Å². The Kier molecular flexibility index (Phi) is 2.84. The lowest BCUT2D eigenvalue weighted by molar-refractivity contribution is -0.113. The van der Waals surface area contributed by atoms with Gasteiger partial charge in [0.1, 0.15) is 5.38 Å². The molecule has 1 aromatic heterocycles. The summed E-state index contributed by atoms with van der Waals surface area (Å²) < 4.78 is 0. The van der Waals surface area contributed by atoms with Crippen LogP contribution >= 0.6 is 22.9 Å². The Morgan fingerprint density at radius 3 is 2.56 bits per heavy atom. The van der Waals surface area contributed by atoms with Gasteiger partial charge >= 0.3 is 0 Å². The van der Waals surface area contributed by atoms with E-state index in [1.54, 1.807) is 11.3 Å². The molecule has 1 atom stereocenters. The van der Waals surface area contributed by atoms with Crippen molar-refractivity contribution in [2.75, 3.05) is 0 Å². The number of hydrogen-bond acceptors (Lipinski definition) is 2. The molecule has 0 fully saturated rings. The lowest BCUT2D eigenvalue weighted by atomic mass is 9.81. The summed E-state index contributed by atoms with van der Waals surface area (Å²) in [5.41, 5.74) is 3.92. The van der Waals surface area contributed by atoms with Gasteiger partial charge in [-0.1, -0.05) is 30.3 Å². The molecule has 0 N–H and O–H groups in total. The standard InChI is InChI=1S/C15H11ClOS/c1-9-7-11(18-8-9)13-12(15(17)14(13)16)10-5-3-2-4-6-10/h2-8,14H,1H3. The first kappa shape index (κ1) is 11.7. The quantitative estimate of drug-likeness (QED) is 0.752. The van der Waals surface area contributed by atoms with E-state index < -0.39 is 5.38 Å². The Hall–Kier alpha value is -1.38. The molecule has 90 valence electrons. The molecular formula is C15H11ClOS. The molecule has 2 aromatic rings. The van der Waals surface area contributed by atoms with Crippen molar-refractivity contribution in [2.45, 2.75) is 12.3 Å². The van der Waals surface area contributed by atoms with Crippen LogP contribution in [0.5, 0.6) is 0 Å². The molecule has 1 unspecified atom stereocenters. The summed E-state index contributed by atoms with van der Waals surface area (Å²) in [4.78, 5) is 13.1. The highest BCUT2D eigenvalue weighted by molar-refractivity contribution is 7.11. The average Bonchev–Trinajstić information content (AvgIpc) is 2.81. The number of halogens is 1. The number of aryl methyl sites for hydroxylation is 1. The summed E-state index contributed by atoms with van der Waals surface area (Å²) in [5.74, 6) is 0.0314. The van der Waals surface area contributed by atoms with E-state index in [4.69, 9.17) is 11.6 Å². The maximum absolute atomic E-state index is 12.0. The van der Waals surface area contributed by atoms with E-state index in [1.165, 1.54) is 5.56 Å². The van der Waals surface area contributed by atoms with Crippen LogP contribution in [-0.4, -0.2) is 11.2 Å². The van der Waals surface area contributed by atoms with Gasteiger partial charge in [-0.3, -0.25) is 4.79 Å². The number of benzene rings is 1. The SMILES string of the molecule is Cc1csc(C2=C(c3ccccc3)C(=O)C2Cl)c1. The first-order valence-electron chi connectivity index (χ1n) is 5.72. The van der Waals surface area contributed by atoms with E-state index in [0.29, 0.717) is 0 Å². The second kappa shape index (κ2) is 4.38. The third kappa shape index (κ3) is 1.73. The summed E-state index contributed by atoms with van der Waals surface area (Å²) in [6.45, 7) is 2.05. The van der Waals surface area contributed by atoms with Gasteiger partial charge in [-0.2, -0.15) is 0 Å². The van der Waals surface area contributed by atoms with Crippen LogP contribution in [0.1, 0.15) is 16.0 Å². The molecule has 1 aliphatic carbocycles. The third-order valence-electron chi connectivity index (χ3n) is 3.06. The van der Waals surface area contributed by atoms with Crippen LogP contribution in [-0.2, 0) is 4.79 Å². The molecule has 1 aliphatic rings. The summed E-state index contributed by atoms with van der Waals surface area (Å²) >= 11 is 7.80. The number of hydrogen-bond donors (Lipinski definition) is 0. The Morgan fingerprint density at radius 2 is 1.94 bits per heavy atom. The van der Waals surface area contributed by atoms with Crippen LogP contribution in [0.4, 0.5) is 0 Å². The number of rotatable bonds is 2. The van der Waals surface area contributed by atoms with Gasteiger partial charge in [-0.25, -0.2) is 0 Å². The second-order valence-electron chi connectivity index (χ2n) is 4.37. The summed E-state index contributed by atoms with van der Waals surface area (Å²) in [6.07, 6.45) is 0. The van der Waals surface area contributed by atoms with E-state index in [9.17, 15) is 4.79 Å². The molecule has 0 spiro atoms. The largest absolute Gasteiger partial charge is 0.292 e. The average molecular weight is 275 g/mol. The Balaban J connectivity index is 2.15. The van der Waals surface area contributed by atoms with Gasteiger partial charge in [-0.15, -0.1) is 22.9 Å². The van der Waals surface area contributed by atoms with Gasteiger partial charge in [0.05, 0.1) is 0 Å². The van der Waals surface area contributed by atoms with E-state index in [1.807, 2.05) is 37.3 Å². The number of carbonyl (C=O) groups excluding carboxylic acids is 1. The minimum atomic E-state index is -0.488. The van der Waals surface area contributed by atoms with Crippen molar-refractivity contribution in [2.24, 2.45) is 0 Å². The van der Waals surface area contributed by atoms with E-state index >= 15 is 0 Å². The zero-order valence-electron chi connectivity index (χ0n) is 9.81. The molecule has 3 heteroatoms. The molecule has 0 radical (unpaired) electrons. The Bertz CT molecular complexity index is 640. The predicted octanol–water partition coefficient (Wildman–Crippen LogP) is 4.16. The number of alkyl halides is 1. The highest BCUT2D eigenvalue weighted by atomic mass is 35.5. The molecule has 0 amide bonds. The molecular weight excluding hydrogens is 264 g/mol. The number of ketones is 1. The van der Waals surface area contributed by atoms with Crippen LogP contribution in [0.3, 0.4) is 0 Å². The maximum Gasteiger partial charge on any atom is 0.186 e. The molecule has 0 saturated carbocycles. The molecule has 0 bridgehead atoms. The van der Waals surface area contributed by atoms with Crippen molar-refractivity contribution in [3.63, 3.8) is 0 Å². The normalized spacial score (nSPS) is 19.0. The van der Waals surface area contributed by atoms with Crippen molar-refractivity contribution in [1.29, 1.82) is 0 Å². The van der Waals surface area contributed by atoms with Gasteiger partial charge < -0.3 is 0 Å². The van der Waals surface area contributed by atoms with Crippen molar-refractivity contribution >= 4 is 39.9 Å². The van der Waals surface area contributed by atoms with Crippen LogP contribution in [0.25, 0.3) is 11.1 Å². The van der Waals surface area contributed by atoms with Crippen LogP contribution in [0, 0.1) is 6.92 Å². The number of Topliss-reactive ketones (excluding diaryl/α,β-unsaturated/α-hetero) is 1. The molecule has 18 heavy (non-hydrogen) atoms. The molecule has 1 aromatic carbocycles. The van der Waals surface area contributed by atoms with Gasteiger partial charge in [0.2, 0.25) is 0 Å². The maximum atomic E-state index is 12.0. The van der Waals surface area contributed by atoms with Crippen LogP contribution < -0.4 is 0 Å². The van der Waals surface area contributed by atoms with Crippen LogP contribution in [0.2, 0.25) is 0 Å².